The molecule has 22 heavy (non-hydrogen) atoms. The van der Waals surface area contributed by atoms with Crippen LogP contribution in [0.1, 0.15) is 56.1 Å². The lowest BCUT2D eigenvalue weighted by atomic mass is 9.55. The Morgan fingerprint density at radius 2 is 2.05 bits per heavy atom. The molecular weight excluding hydrogens is 387 g/mol. The number of benzene rings is 1. The molecular formula is C19H23IO2. The second-order valence-corrected chi connectivity index (χ2v) is 8.68. The van der Waals surface area contributed by atoms with Gasteiger partial charge in [-0.05, 0) is 95.7 Å². The molecule has 0 bridgehead atoms. The normalized spacial score (nSPS) is 36.5. The van der Waals surface area contributed by atoms with E-state index in [1.54, 1.807) is 12.7 Å². The Morgan fingerprint density at radius 1 is 1.23 bits per heavy atom. The summed E-state index contributed by atoms with van der Waals surface area (Å²) in [4.78, 5) is 12.4. The Hall–Kier alpha value is -0.580. The predicted molar refractivity (Wildman–Crippen MR) is 95.3 cm³/mol. The highest BCUT2D eigenvalue weighted by Gasteiger charge is 2.54. The zero-order valence-corrected chi connectivity index (χ0v) is 15.5. The Bertz CT molecular complexity index is 639. The van der Waals surface area contributed by atoms with Gasteiger partial charge in [0.25, 0.3) is 0 Å². The second kappa shape index (κ2) is 5.22. The van der Waals surface area contributed by atoms with Gasteiger partial charge in [-0.2, -0.15) is 0 Å². The number of carbonyl (C=O) groups excluding carboxylic acids is 1. The molecule has 0 aliphatic heterocycles. The number of Topliss-reactive ketones (excluding diaryl/α,β-unsaturated/α-hetero) is 1. The summed E-state index contributed by atoms with van der Waals surface area (Å²) in [6, 6.07) is 4.60. The van der Waals surface area contributed by atoms with Crippen LogP contribution in [-0.4, -0.2) is 12.9 Å². The van der Waals surface area contributed by atoms with Gasteiger partial charge in [0.2, 0.25) is 0 Å². The molecule has 4 rings (SSSR count). The highest BCUT2D eigenvalue weighted by molar-refractivity contribution is 14.1. The van der Waals surface area contributed by atoms with Crippen LogP contribution in [-0.2, 0) is 11.2 Å². The van der Waals surface area contributed by atoms with E-state index < -0.39 is 0 Å². The monoisotopic (exact) mass is 410 g/mol. The van der Waals surface area contributed by atoms with Gasteiger partial charge in [-0.3, -0.25) is 4.79 Å². The van der Waals surface area contributed by atoms with E-state index in [9.17, 15) is 4.79 Å². The Kier molecular flexibility index (Phi) is 3.55. The summed E-state index contributed by atoms with van der Waals surface area (Å²) in [6.07, 6.45) is 6.59. The SMILES string of the molecule is COc1cc2c(cc1I)[C@H]1CC[C@]3(C)C(=O)CC[C@H]3[C@@H]1CC2. The summed E-state index contributed by atoms with van der Waals surface area (Å²) >= 11 is 2.39. The van der Waals surface area contributed by atoms with Crippen molar-refractivity contribution in [2.45, 2.75) is 51.4 Å². The van der Waals surface area contributed by atoms with Crippen molar-refractivity contribution < 1.29 is 9.53 Å². The van der Waals surface area contributed by atoms with Gasteiger partial charge in [0.15, 0.2) is 0 Å². The van der Waals surface area contributed by atoms with Crippen molar-refractivity contribution in [3.63, 3.8) is 0 Å². The van der Waals surface area contributed by atoms with E-state index in [2.05, 4.69) is 41.6 Å². The number of carbonyl (C=O) groups is 1. The van der Waals surface area contributed by atoms with E-state index in [1.807, 2.05) is 0 Å². The third-order valence-electron chi connectivity index (χ3n) is 6.71. The van der Waals surface area contributed by atoms with Crippen molar-refractivity contribution in [2.75, 3.05) is 7.11 Å². The van der Waals surface area contributed by atoms with Gasteiger partial charge in [0.05, 0.1) is 10.7 Å². The van der Waals surface area contributed by atoms with Crippen molar-refractivity contribution in [1.29, 1.82) is 0 Å². The molecule has 0 aromatic heterocycles. The third kappa shape index (κ3) is 2.00. The number of ketones is 1. The molecule has 0 saturated heterocycles. The van der Waals surface area contributed by atoms with E-state index in [-0.39, 0.29) is 5.41 Å². The van der Waals surface area contributed by atoms with Crippen LogP contribution in [0.2, 0.25) is 0 Å². The zero-order valence-electron chi connectivity index (χ0n) is 13.3. The lowest BCUT2D eigenvalue weighted by molar-refractivity contribution is -0.129. The molecule has 1 aromatic carbocycles. The van der Waals surface area contributed by atoms with Gasteiger partial charge >= 0.3 is 0 Å². The molecule has 1 aromatic rings. The van der Waals surface area contributed by atoms with Crippen LogP contribution in [0.5, 0.6) is 5.75 Å². The van der Waals surface area contributed by atoms with Crippen molar-refractivity contribution in [3.05, 3.63) is 26.8 Å². The molecule has 0 N–H and O–H groups in total. The molecule has 0 radical (unpaired) electrons. The smallest absolute Gasteiger partial charge is 0.139 e. The van der Waals surface area contributed by atoms with Crippen LogP contribution in [0.25, 0.3) is 0 Å². The van der Waals surface area contributed by atoms with Gasteiger partial charge in [-0.15, -0.1) is 0 Å². The number of hydrogen-bond donors (Lipinski definition) is 0. The number of halogens is 1. The van der Waals surface area contributed by atoms with Crippen LogP contribution in [0.3, 0.4) is 0 Å². The summed E-state index contributed by atoms with van der Waals surface area (Å²) in [7, 11) is 1.76. The van der Waals surface area contributed by atoms with Gasteiger partial charge < -0.3 is 4.74 Å². The van der Waals surface area contributed by atoms with Crippen LogP contribution in [0, 0.1) is 20.8 Å². The maximum absolute atomic E-state index is 12.4. The Labute approximate surface area is 146 Å². The molecule has 0 spiro atoms. The molecule has 3 aliphatic carbocycles. The summed E-state index contributed by atoms with van der Waals surface area (Å²) in [6.45, 7) is 2.25. The van der Waals surface area contributed by atoms with E-state index >= 15 is 0 Å². The largest absolute Gasteiger partial charge is 0.496 e. The van der Waals surface area contributed by atoms with E-state index in [0.29, 0.717) is 23.5 Å². The van der Waals surface area contributed by atoms with Gasteiger partial charge in [0, 0.05) is 11.8 Å². The van der Waals surface area contributed by atoms with Gasteiger partial charge in [-0.25, -0.2) is 0 Å². The molecule has 3 aliphatic rings. The molecule has 0 heterocycles. The standard InChI is InChI=1S/C19H23IO2/c1-19-8-7-12-13(15(19)5-6-18(19)21)4-3-11-9-17(22-2)16(20)10-14(11)12/h9-10,12-13,15H,3-8H2,1-2H3/t12-,13+,15-,19-/m0/s1. The van der Waals surface area contributed by atoms with Crippen LogP contribution in [0.4, 0.5) is 0 Å². The summed E-state index contributed by atoms with van der Waals surface area (Å²) < 4.78 is 6.71. The first-order chi connectivity index (χ1) is 10.5. The van der Waals surface area contributed by atoms with E-state index in [4.69, 9.17) is 4.74 Å². The Balaban J connectivity index is 1.73. The molecule has 0 unspecified atom stereocenters. The van der Waals surface area contributed by atoms with Crippen LogP contribution < -0.4 is 4.74 Å². The molecule has 4 atom stereocenters. The topological polar surface area (TPSA) is 26.3 Å². The molecule has 2 saturated carbocycles. The molecule has 2 fully saturated rings. The Morgan fingerprint density at radius 3 is 2.82 bits per heavy atom. The fourth-order valence-corrected chi connectivity index (χ4v) is 6.21. The lowest BCUT2D eigenvalue weighted by Crippen LogP contribution is -2.42. The zero-order chi connectivity index (χ0) is 15.5. The van der Waals surface area contributed by atoms with Crippen LogP contribution >= 0.6 is 22.6 Å². The van der Waals surface area contributed by atoms with Crippen LogP contribution in [0.15, 0.2) is 12.1 Å². The highest BCUT2D eigenvalue weighted by atomic mass is 127. The number of hydrogen-bond acceptors (Lipinski definition) is 2. The average Bonchev–Trinajstić information content (AvgIpc) is 2.82. The first kappa shape index (κ1) is 15.0. The van der Waals surface area contributed by atoms with Crippen molar-refractivity contribution >= 4 is 28.4 Å². The molecule has 118 valence electrons. The number of methoxy groups -OCH3 is 1. The number of rotatable bonds is 1. The fraction of sp³-hybridized carbons (Fsp3) is 0.632. The summed E-state index contributed by atoms with van der Waals surface area (Å²) in [5.41, 5.74) is 3.01. The first-order valence-electron chi connectivity index (χ1n) is 8.44. The molecule has 3 heteroatoms. The minimum Gasteiger partial charge on any atom is -0.496 e. The quantitative estimate of drug-likeness (QED) is 0.626. The first-order valence-corrected chi connectivity index (χ1v) is 9.52. The minimum absolute atomic E-state index is 0.0156. The average molecular weight is 410 g/mol. The highest BCUT2D eigenvalue weighted by Crippen LogP contribution is 2.59. The van der Waals surface area contributed by atoms with E-state index in [1.165, 1.54) is 22.0 Å². The number of ether oxygens (including phenoxy) is 1. The maximum Gasteiger partial charge on any atom is 0.139 e. The minimum atomic E-state index is -0.0156. The van der Waals surface area contributed by atoms with Gasteiger partial charge in [-0.1, -0.05) is 6.92 Å². The molecule has 2 nitrogen and oxygen atoms in total. The maximum atomic E-state index is 12.4. The van der Waals surface area contributed by atoms with E-state index in [0.717, 1.165) is 31.4 Å². The summed E-state index contributed by atoms with van der Waals surface area (Å²) in [5.74, 6) is 3.53. The lowest BCUT2D eigenvalue weighted by Gasteiger charge is -2.48. The second-order valence-electron chi connectivity index (χ2n) is 7.52. The van der Waals surface area contributed by atoms with Gasteiger partial charge in [0.1, 0.15) is 11.5 Å². The van der Waals surface area contributed by atoms with Crippen molar-refractivity contribution in [2.24, 2.45) is 17.3 Å². The molecule has 0 amide bonds. The number of aryl methyl sites for hydroxylation is 1. The van der Waals surface area contributed by atoms with Crippen molar-refractivity contribution in [3.8, 4) is 5.75 Å². The fourth-order valence-electron chi connectivity index (χ4n) is 5.50. The third-order valence-corrected chi connectivity index (χ3v) is 7.55. The van der Waals surface area contributed by atoms with Crippen molar-refractivity contribution in [1.82, 2.24) is 0 Å². The number of fused-ring (bicyclic) bond motifs is 5. The summed E-state index contributed by atoms with van der Waals surface area (Å²) in [5, 5.41) is 0. The predicted octanol–water partition coefficient (Wildman–Crippen LogP) is 4.73.